The summed E-state index contributed by atoms with van der Waals surface area (Å²) in [6, 6.07) is 15.5. The van der Waals surface area contributed by atoms with Crippen molar-refractivity contribution in [2.45, 2.75) is 6.10 Å². The number of para-hydroxylation sites is 2. The lowest BCUT2D eigenvalue weighted by molar-refractivity contribution is 0.163. The molecule has 0 amide bonds. The number of fused-ring (bicyclic) bond motifs is 1. The summed E-state index contributed by atoms with van der Waals surface area (Å²) >= 11 is 1.60. The number of aromatic nitrogens is 1. The number of nitrogens with zero attached hydrogens (tertiary/aromatic N) is 1. The molecular weight excluding hydrogens is 312 g/mol. The molecule has 116 valence electrons. The van der Waals surface area contributed by atoms with Gasteiger partial charge >= 0.3 is 0 Å². The SMILES string of the molecule is OC(CNc1nc2ccccc2o1)c1ccc(-c2cccs2)o1. The molecule has 0 fully saturated rings. The molecule has 4 rings (SSSR count). The Labute approximate surface area is 136 Å². The molecule has 0 saturated carbocycles. The Morgan fingerprint density at radius 1 is 1.09 bits per heavy atom. The minimum atomic E-state index is -0.779. The largest absolute Gasteiger partial charge is 0.457 e. The second kappa shape index (κ2) is 5.91. The van der Waals surface area contributed by atoms with Crippen LogP contribution in [0.2, 0.25) is 0 Å². The van der Waals surface area contributed by atoms with Gasteiger partial charge in [0.1, 0.15) is 23.1 Å². The molecule has 6 heteroatoms. The van der Waals surface area contributed by atoms with Gasteiger partial charge in [-0.3, -0.25) is 0 Å². The van der Waals surface area contributed by atoms with Crippen LogP contribution in [-0.2, 0) is 0 Å². The van der Waals surface area contributed by atoms with Crippen molar-refractivity contribution in [2.75, 3.05) is 11.9 Å². The maximum atomic E-state index is 10.2. The first-order valence-corrected chi connectivity index (χ1v) is 8.09. The third-order valence-corrected chi connectivity index (χ3v) is 4.34. The van der Waals surface area contributed by atoms with Crippen molar-refractivity contribution in [1.29, 1.82) is 0 Å². The van der Waals surface area contributed by atoms with Crippen LogP contribution >= 0.6 is 11.3 Å². The third kappa shape index (κ3) is 2.86. The minimum absolute atomic E-state index is 0.254. The van der Waals surface area contributed by atoms with Gasteiger partial charge in [-0.05, 0) is 35.7 Å². The molecule has 23 heavy (non-hydrogen) atoms. The lowest BCUT2D eigenvalue weighted by Crippen LogP contribution is -2.11. The summed E-state index contributed by atoms with van der Waals surface area (Å²) in [6.07, 6.45) is -0.779. The van der Waals surface area contributed by atoms with E-state index in [0.717, 1.165) is 16.2 Å². The number of aliphatic hydroxyl groups excluding tert-OH is 1. The van der Waals surface area contributed by atoms with Crippen molar-refractivity contribution in [2.24, 2.45) is 0 Å². The number of hydrogen-bond donors (Lipinski definition) is 2. The Kier molecular flexibility index (Phi) is 3.61. The molecule has 1 unspecified atom stereocenters. The van der Waals surface area contributed by atoms with Crippen molar-refractivity contribution in [3.05, 3.63) is 59.7 Å². The molecule has 1 atom stereocenters. The molecule has 1 aromatic carbocycles. The molecule has 0 aliphatic carbocycles. The average molecular weight is 326 g/mol. The second-order valence-electron chi connectivity index (χ2n) is 5.06. The number of rotatable bonds is 5. The van der Waals surface area contributed by atoms with E-state index in [9.17, 15) is 5.11 Å². The monoisotopic (exact) mass is 326 g/mol. The number of anilines is 1. The summed E-state index contributed by atoms with van der Waals surface area (Å²) in [6.45, 7) is 0.254. The summed E-state index contributed by atoms with van der Waals surface area (Å²) in [7, 11) is 0. The maximum Gasteiger partial charge on any atom is 0.295 e. The predicted molar refractivity (Wildman–Crippen MR) is 89.5 cm³/mol. The Morgan fingerprint density at radius 3 is 2.83 bits per heavy atom. The van der Waals surface area contributed by atoms with Crippen LogP contribution in [0.3, 0.4) is 0 Å². The molecule has 2 N–H and O–H groups in total. The number of nitrogens with one attached hydrogen (secondary N) is 1. The van der Waals surface area contributed by atoms with Gasteiger partial charge in [-0.15, -0.1) is 11.3 Å². The average Bonchev–Trinajstić information content (AvgIpc) is 3.31. The van der Waals surface area contributed by atoms with Crippen LogP contribution in [0.1, 0.15) is 11.9 Å². The van der Waals surface area contributed by atoms with E-state index < -0.39 is 6.10 Å². The highest BCUT2D eigenvalue weighted by Crippen LogP contribution is 2.29. The Bertz CT molecular complexity index is 878. The number of aliphatic hydroxyl groups is 1. The van der Waals surface area contributed by atoms with E-state index in [1.807, 2.05) is 47.8 Å². The predicted octanol–water partition coefficient (Wildman–Crippen LogP) is 4.29. The van der Waals surface area contributed by atoms with Gasteiger partial charge in [-0.2, -0.15) is 4.98 Å². The summed E-state index contributed by atoms with van der Waals surface area (Å²) in [4.78, 5) is 5.34. The minimum Gasteiger partial charge on any atom is -0.457 e. The Morgan fingerprint density at radius 2 is 2.00 bits per heavy atom. The molecule has 0 aliphatic heterocycles. The lowest BCUT2D eigenvalue weighted by atomic mass is 10.3. The smallest absolute Gasteiger partial charge is 0.295 e. The van der Waals surface area contributed by atoms with E-state index in [4.69, 9.17) is 8.83 Å². The Balaban J connectivity index is 1.44. The number of hydrogen-bond acceptors (Lipinski definition) is 6. The van der Waals surface area contributed by atoms with E-state index >= 15 is 0 Å². The fourth-order valence-corrected chi connectivity index (χ4v) is 3.00. The fraction of sp³-hybridized carbons (Fsp3) is 0.118. The summed E-state index contributed by atoms with van der Waals surface area (Å²) in [5.41, 5.74) is 1.49. The van der Waals surface area contributed by atoms with Gasteiger partial charge in [-0.1, -0.05) is 18.2 Å². The highest BCUT2D eigenvalue weighted by Gasteiger charge is 2.15. The molecule has 0 radical (unpaired) electrons. The molecule has 0 spiro atoms. The molecule has 5 nitrogen and oxygen atoms in total. The zero-order valence-corrected chi connectivity index (χ0v) is 12.9. The molecule has 3 aromatic heterocycles. The zero-order valence-electron chi connectivity index (χ0n) is 12.1. The van der Waals surface area contributed by atoms with Crippen molar-refractivity contribution in [3.8, 4) is 10.6 Å². The number of benzene rings is 1. The molecule has 4 aromatic rings. The number of thiophene rings is 1. The van der Waals surface area contributed by atoms with Gasteiger partial charge in [-0.25, -0.2) is 0 Å². The van der Waals surface area contributed by atoms with Gasteiger partial charge in [0.15, 0.2) is 5.58 Å². The van der Waals surface area contributed by atoms with Gasteiger partial charge in [0.2, 0.25) is 0 Å². The summed E-state index contributed by atoms with van der Waals surface area (Å²) in [5.74, 6) is 1.27. The fourth-order valence-electron chi connectivity index (χ4n) is 2.32. The maximum absolute atomic E-state index is 10.2. The van der Waals surface area contributed by atoms with E-state index in [1.165, 1.54) is 0 Å². The van der Waals surface area contributed by atoms with Gasteiger partial charge in [0, 0.05) is 0 Å². The van der Waals surface area contributed by atoms with Gasteiger partial charge in [0.05, 0.1) is 11.4 Å². The quantitative estimate of drug-likeness (QED) is 0.572. The topological polar surface area (TPSA) is 71.4 Å². The van der Waals surface area contributed by atoms with Crippen molar-refractivity contribution in [1.82, 2.24) is 4.98 Å². The van der Waals surface area contributed by atoms with Crippen LogP contribution in [-0.4, -0.2) is 16.6 Å². The molecule has 3 heterocycles. The summed E-state index contributed by atoms with van der Waals surface area (Å²) in [5, 5.41) is 15.2. The van der Waals surface area contributed by atoms with E-state index in [-0.39, 0.29) is 6.54 Å². The lowest BCUT2D eigenvalue weighted by Gasteiger charge is -2.07. The van der Waals surface area contributed by atoms with Crippen molar-refractivity contribution >= 4 is 28.5 Å². The highest BCUT2D eigenvalue weighted by molar-refractivity contribution is 7.13. The van der Waals surface area contributed by atoms with Crippen LogP contribution in [0.5, 0.6) is 0 Å². The first-order chi connectivity index (χ1) is 11.3. The number of oxazole rings is 1. The first-order valence-electron chi connectivity index (χ1n) is 7.21. The van der Waals surface area contributed by atoms with Crippen molar-refractivity contribution in [3.63, 3.8) is 0 Å². The van der Waals surface area contributed by atoms with E-state index in [0.29, 0.717) is 17.4 Å². The van der Waals surface area contributed by atoms with Crippen LogP contribution in [0.4, 0.5) is 6.01 Å². The van der Waals surface area contributed by atoms with E-state index in [1.54, 1.807) is 17.4 Å². The van der Waals surface area contributed by atoms with Crippen LogP contribution in [0, 0.1) is 0 Å². The summed E-state index contributed by atoms with van der Waals surface area (Å²) < 4.78 is 11.3. The van der Waals surface area contributed by atoms with Gasteiger partial charge < -0.3 is 19.3 Å². The molecule has 0 saturated heterocycles. The standard InChI is InChI=1S/C17H14N2O3S/c20-12(14-7-8-15(21-14)16-6-3-9-23-16)10-18-17-19-11-4-1-2-5-13(11)22-17/h1-9,12,20H,10H2,(H,18,19). The van der Waals surface area contributed by atoms with Crippen LogP contribution in [0.15, 0.2) is 62.7 Å². The van der Waals surface area contributed by atoms with Crippen molar-refractivity contribution < 1.29 is 13.9 Å². The normalized spacial score (nSPS) is 12.6. The first kappa shape index (κ1) is 14.0. The highest BCUT2D eigenvalue weighted by atomic mass is 32.1. The van der Waals surface area contributed by atoms with Crippen LogP contribution < -0.4 is 5.32 Å². The third-order valence-electron chi connectivity index (χ3n) is 3.46. The molecule has 0 bridgehead atoms. The Hall–Kier alpha value is -2.57. The van der Waals surface area contributed by atoms with E-state index in [2.05, 4.69) is 10.3 Å². The van der Waals surface area contributed by atoms with Crippen LogP contribution in [0.25, 0.3) is 21.7 Å². The number of furan rings is 1. The molecule has 0 aliphatic rings. The van der Waals surface area contributed by atoms with Gasteiger partial charge in [0.25, 0.3) is 6.01 Å². The molecular formula is C17H14N2O3S. The zero-order chi connectivity index (χ0) is 15.6. The second-order valence-corrected chi connectivity index (χ2v) is 6.01.